The Labute approximate surface area is 135 Å². The first-order valence-electron chi connectivity index (χ1n) is 7.92. The predicted molar refractivity (Wildman–Crippen MR) is 94.5 cm³/mol. The van der Waals surface area contributed by atoms with Gasteiger partial charge in [-0.25, -0.2) is 0 Å². The third-order valence-corrected chi connectivity index (χ3v) is 4.11. The lowest BCUT2D eigenvalue weighted by Crippen LogP contribution is -2.29. The van der Waals surface area contributed by atoms with Gasteiger partial charge in [0.05, 0.1) is 10.7 Å². The molecule has 0 heterocycles. The quantitative estimate of drug-likeness (QED) is 0.758. The Bertz CT molecular complexity index is 420. The lowest BCUT2D eigenvalue weighted by molar-refractivity contribution is 0.400. The normalized spacial score (nSPS) is 12.7. The zero-order chi connectivity index (χ0) is 15.8. The summed E-state index contributed by atoms with van der Waals surface area (Å²) in [5.41, 5.74) is 8.57. The minimum absolute atomic E-state index is 0.197. The van der Waals surface area contributed by atoms with Crippen LogP contribution in [0.2, 0.25) is 5.02 Å². The largest absolute Gasteiger partial charge is 0.370 e. The molecule has 1 aromatic rings. The Morgan fingerprint density at radius 3 is 2.48 bits per heavy atom. The Balaban J connectivity index is 2.90. The number of rotatable bonds is 9. The van der Waals surface area contributed by atoms with Crippen molar-refractivity contribution in [3.63, 3.8) is 0 Å². The maximum atomic E-state index is 6.48. The summed E-state index contributed by atoms with van der Waals surface area (Å²) in [5, 5.41) is 0.836. The minimum Gasteiger partial charge on any atom is -0.370 e. The van der Waals surface area contributed by atoms with Crippen molar-refractivity contribution in [3.05, 3.63) is 28.8 Å². The molecule has 0 saturated heterocycles. The van der Waals surface area contributed by atoms with Crippen molar-refractivity contribution in [1.29, 1.82) is 0 Å². The maximum Gasteiger partial charge on any atom is 0.0642 e. The van der Waals surface area contributed by atoms with Crippen molar-refractivity contribution < 1.29 is 0 Å². The first-order valence-corrected chi connectivity index (χ1v) is 8.30. The van der Waals surface area contributed by atoms with E-state index in [2.05, 4.69) is 43.8 Å². The van der Waals surface area contributed by atoms with E-state index in [1.54, 1.807) is 0 Å². The highest BCUT2D eigenvalue weighted by Crippen LogP contribution is 2.31. The number of hydrogen-bond donors (Lipinski definition) is 1. The first-order chi connectivity index (χ1) is 9.99. The molecule has 0 aromatic heterocycles. The fraction of sp³-hybridized carbons (Fsp3) is 0.647. The molecule has 1 atom stereocenters. The highest BCUT2D eigenvalue weighted by Gasteiger charge is 2.15. The maximum absolute atomic E-state index is 6.48. The van der Waals surface area contributed by atoms with Gasteiger partial charge in [-0.2, -0.15) is 0 Å². The Hall–Kier alpha value is -0.770. The van der Waals surface area contributed by atoms with E-state index in [-0.39, 0.29) is 6.04 Å². The third-order valence-electron chi connectivity index (χ3n) is 3.81. The van der Waals surface area contributed by atoms with Gasteiger partial charge in [0.15, 0.2) is 0 Å². The number of benzene rings is 1. The van der Waals surface area contributed by atoms with Gasteiger partial charge in [-0.3, -0.25) is 0 Å². The summed E-state index contributed by atoms with van der Waals surface area (Å²) in [5.74, 6) is 0. The van der Waals surface area contributed by atoms with Gasteiger partial charge in [0.1, 0.15) is 0 Å². The molecule has 120 valence electrons. The Morgan fingerprint density at radius 1 is 1.19 bits per heavy atom. The van der Waals surface area contributed by atoms with E-state index >= 15 is 0 Å². The Morgan fingerprint density at radius 2 is 1.90 bits per heavy atom. The summed E-state index contributed by atoms with van der Waals surface area (Å²) < 4.78 is 0. The van der Waals surface area contributed by atoms with Crippen LogP contribution in [0.4, 0.5) is 5.69 Å². The summed E-state index contributed by atoms with van der Waals surface area (Å²) in [4.78, 5) is 4.60. The van der Waals surface area contributed by atoms with Crippen molar-refractivity contribution in [2.75, 3.05) is 38.6 Å². The van der Waals surface area contributed by atoms with Crippen molar-refractivity contribution in [2.24, 2.45) is 5.73 Å². The van der Waals surface area contributed by atoms with Crippen molar-refractivity contribution >= 4 is 17.3 Å². The number of para-hydroxylation sites is 1. The van der Waals surface area contributed by atoms with E-state index < -0.39 is 0 Å². The van der Waals surface area contributed by atoms with Crippen LogP contribution in [0.5, 0.6) is 0 Å². The molecule has 1 unspecified atom stereocenters. The third kappa shape index (κ3) is 5.85. The number of anilines is 1. The molecule has 0 amide bonds. The van der Waals surface area contributed by atoms with Crippen LogP contribution in [0.15, 0.2) is 18.2 Å². The van der Waals surface area contributed by atoms with Crippen LogP contribution in [0.25, 0.3) is 0 Å². The molecule has 0 aliphatic carbocycles. The molecule has 4 heteroatoms. The van der Waals surface area contributed by atoms with Gasteiger partial charge in [0.25, 0.3) is 0 Å². The van der Waals surface area contributed by atoms with Crippen LogP contribution >= 0.6 is 11.6 Å². The number of nitrogens with zero attached hydrogens (tertiary/aromatic N) is 2. The first kappa shape index (κ1) is 18.3. The van der Waals surface area contributed by atoms with Gasteiger partial charge in [0, 0.05) is 19.1 Å². The molecule has 21 heavy (non-hydrogen) atoms. The smallest absolute Gasteiger partial charge is 0.0642 e. The summed E-state index contributed by atoms with van der Waals surface area (Å²) in [6, 6.07) is 6.36. The second-order valence-corrected chi connectivity index (χ2v) is 6.26. The molecule has 0 aliphatic heterocycles. The van der Waals surface area contributed by atoms with Crippen LogP contribution in [-0.2, 0) is 6.42 Å². The molecule has 0 bridgehead atoms. The lowest BCUT2D eigenvalue weighted by atomic mass is 10.0. The number of halogens is 1. The molecule has 0 radical (unpaired) electrons. The van der Waals surface area contributed by atoms with Gasteiger partial charge in [-0.05, 0) is 58.5 Å². The highest BCUT2D eigenvalue weighted by atomic mass is 35.5. The zero-order valence-corrected chi connectivity index (χ0v) is 14.7. The van der Waals surface area contributed by atoms with Crippen molar-refractivity contribution in [2.45, 2.75) is 39.2 Å². The van der Waals surface area contributed by atoms with E-state index in [0.717, 1.165) is 43.9 Å². The average molecular weight is 312 g/mol. The molecule has 0 saturated carbocycles. The van der Waals surface area contributed by atoms with Gasteiger partial charge in [-0.1, -0.05) is 30.7 Å². The summed E-state index contributed by atoms with van der Waals surface area (Å²) in [7, 11) is 4.22. The second kappa shape index (κ2) is 9.29. The monoisotopic (exact) mass is 311 g/mol. The lowest BCUT2D eigenvalue weighted by Gasteiger charge is -2.28. The molecule has 0 fully saturated rings. The van der Waals surface area contributed by atoms with E-state index in [1.165, 1.54) is 11.3 Å². The summed E-state index contributed by atoms with van der Waals surface area (Å²) in [6.45, 7) is 7.38. The van der Waals surface area contributed by atoms with Gasteiger partial charge >= 0.3 is 0 Å². The van der Waals surface area contributed by atoms with Crippen molar-refractivity contribution in [1.82, 2.24) is 4.90 Å². The second-order valence-electron chi connectivity index (χ2n) is 5.86. The molecule has 2 N–H and O–H groups in total. The van der Waals surface area contributed by atoms with E-state index in [1.807, 2.05) is 12.1 Å². The van der Waals surface area contributed by atoms with Crippen LogP contribution < -0.4 is 10.6 Å². The molecule has 3 nitrogen and oxygen atoms in total. The molecular formula is C17H30ClN3. The number of hydrogen-bond acceptors (Lipinski definition) is 3. The van der Waals surface area contributed by atoms with E-state index in [4.69, 9.17) is 17.3 Å². The van der Waals surface area contributed by atoms with Gasteiger partial charge < -0.3 is 15.5 Å². The van der Waals surface area contributed by atoms with E-state index in [9.17, 15) is 0 Å². The molecular weight excluding hydrogens is 282 g/mol. The van der Waals surface area contributed by atoms with E-state index in [0.29, 0.717) is 0 Å². The SMILES string of the molecule is CCC(N)Cc1cccc(Cl)c1N(CC)CCCN(C)C. The standard InChI is InChI=1S/C17H30ClN3/c1-5-15(19)13-14-9-7-10-16(18)17(14)21(6-2)12-8-11-20(3)4/h7,9-10,15H,5-6,8,11-13,19H2,1-4H3. The van der Waals surface area contributed by atoms with Crippen LogP contribution in [0, 0.1) is 0 Å². The molecule has 1 aromatic carbocycles. The van der Waals surface area contributed by atoms with Crippen LogP contribution in [0.3, 0.4) is 0 Å². The number of nitrogens with two attached hydrogens (primary N) is 1. The topological polar surface area (TPSA) is 32.5 Å². The van der Waals surface area contributed by atoms with Crippen LogP contribution in [-0.4, -0.2) is 44.7 Å². The minimum atomic E-state index is 0.197. The fourth-order valence-electron chi connectivity index (χ4n) is 2.51. The summed E-state index contributed by atoms with van der Waals surface area (Å²) in [6.07, 6.45) is 3.00. The average Bonchev–Trinajstić information content (AvgIpc) is 2.44. The van der Waals surface area contributed by atoms with Gasteiger partial charge in [0.2, 0.25) is 0 Å². The Kier molecular flexibility index (Phi) is 8.09. The molecule has 0 spiro atoms. The molecule has 1 rings (SSSR count). The van der Waals surface area contributed by atoms with Crippen LogP contribution in [0.1, 0.15) is 32.3 Å². The predicted octanol–water partition coefficient (Wildman–Crippen LogP) is 3.40. The van der Waals surface area contributed by atoms with Gasteiger partial charge in [-0.15, -0.1) is 0 Å². The summed E-state index contributed by atoms with van der Waals surface area (Å²) >= 11 is 6.48. The van der Waals surface area contributed by atoms with Crippen molar-refractivity contribution in [3.8, 4) is 0 Å². The highest BCUT2D eigenvalue weighted by molar-refractivity contribution is 6.33. The fourth-order valence-corrected chi connectivity index (χ4v) is 2.83. The zero-order valence-electron chi connectivity index (χ0n) is 13.9. The molecule has 0 aliphatic rings.